The molecule has 1 amide bonds. The van der Waals surface area contributed by atoms with Crippen LogP contribution in [0.25, 0.3) is 11.1 Å². The second-order valence-electron chi connectivity index (χ2n) is 7.20. The first-order valence-corrected chi connectivity index (χ1v) is 12.6. The maximum atomic E-state index is 13.9. The highest BCUT2D eigenvalue weighted by molar-refractivity contribution is 9.10. The fraction of sp³-hybridized carbons (Fsp3) is 0.190. The number of halogens is 4. The molecule has 5 nitrogen and oxygen atoms in total. The SMILES string of the molecule is CN1C(C(=O)Nc2ccc(F)c(Cl)c2)CC(c2cc(-c3ccc(Br)c(F)c3)cs2)N[S+]1[O-]. The molecule has 0 radical (unpaired) electrons. The Hall–Kier alpha value is -1.53. The van der Waals surface area contributed by atoms with Gasteiger partial charge in [0.2, 0.25) is 5.91 Å². The molecule has 2 aromatic carbocycles. The predicted octanol–water partition coefficient (Wildman–Crippen LogP) is 5.66. The molecule has 2 heterocycles. The number of carbonyl (C=O) groups is 1. The Labute approximate surface area is 204 Å². The van der Waals surface area contributed by atoms with Crippen LogP contribution in [0.4, 0.5) is 14.5 Å². The van der Waals surface area contributed by atoms with Gasteiger partial charge in [-0.1, -0.05) is 22.0 Å². The number of hydrogen-bond acceptors (Lipinski definition) is 5. The van der Waals surface area contributed by atoms with E-state index in [-0.39, 0.29) is 22.8 Å². The van der Waals surface area contributed by atoms with Crippen LogP contribution in [-0.4, -0.2) is 27.9 Å². The minimum absolute atomic E-state index is 0.0987. The Balaban J connectivity index is 1.52. The second kappa shape index (κ2) is 9.76. The first-order valence-electron chi connectivity index (χ1n) is 9.43. The molecule has 0 bridgehead atoms. The van der Waals surface area contributed by atoms with Crippen molar-refractivity contribution >= 4 is 62.0 Å². The number of benzene rings is 2. The summed E-state index contributed by atoms with van der Waals surface area (Å²) in [6.45, 7) is 0. The number of nitrogens with zero attached hydrogens (tertiary/aromatic N) is 1. The second-order valence-corrected chi connectivity index (χ2v) is 10.7. The van der Waals surface area contributed by atoms with E-state index >= 15 is 0 Å². The minimum atomic E-state index is -1.60. The normalized spacial score (nSPS) is 21.5. The largest absolute Gasteiger partial charge is 0.579 e. The van der Waals surface area contributed by atoms with Crippen LogP contribution in [0.15, 0.2) is 52.3 Å². The highest BCUT2D eigenvalue weighted by Crippen LogP contribution is 2.36. The molecule has 0 saturated carbocycles. The molecule has 1 fully saturated rings. The number of hydrogen-bond donors (Lipinski definition) is 2. The monoisotopic (exact) mass is 559 g/mol. The molecule has 168 valence electrons. The average molecular weight is 561 g/mol. The fourth-order valence-electron chi connectivity index (χ4n) is 3.35. The number of thiophene rings is 1. The van der Waals surface area contributed by atoms with Crippen molar-refractivity contribution in [3.8, 4) is 11.1 Å². The Morgan fingerprint density at radius 2 is 2.03 bits per heavy atom. The zero-order chi connectivity index (χ0) is 23.0. The van der Waals surface area contributed by atoms with Gasteiger partial charge in [0.15, 0.2) is 0 Å². The van der Waals surface area contributed by atoms with E-state index < -0.39 is 23.4 Å². The van der Waals surface area contributed by atoms with E-state index in [1.807, 2.05) is 17.5 Å². The standard InChI is InChI=1S/C21H17BrClF2N3O2S2/c1-28-19(21(29)26-13-3-5-16(24)15(23)8-13)9-18(27-32(28)30)20-7-12(10-31-20)11-2-4-14(22)17(25)6-11/h2-8,10,18-19,27H,9H2,1H3,(H,26,29). The molecule has 1 aliphatic heterocycles. The zero-order valence-electron chi connectivity index (χ0n) is 16.6. The number of likely N-dealkylation sites (N-methyl/N-ethyl adjacent to an activating group) is 1. The van der Waals surface area contributed by atoms with E-state index in [1.165, 1.54) is 39.9 Å². The molecule has 3 aromatic rings. The fourth-order valence-corrected chi connectivity index (χ4v) is 5.88. The predicted molar refractivity (Wildman–Crippen MR) is 128 cm³/mol. The Morgan fingerprint density at radius 1 is 1.25 bits per heavy atom. The van der Waals surface area contributed by atoms with Gasteiger partial charge in [-0.05, 0) is 68.8 Å². The molecular formula is C21H17BrClF2N3O2S2. The third kappa shape index (κ3) is 5.01. The molecule has 1 aromatic heterocycles. The highest BCUT2D eigenvalue weighted by atomic mass is 79.9. The van der Waals surface area contributed by atoms with Gasteiger partial charge in [-0.25, -0.2) is 8.78 Å². The van der Waals surface area contributed by atoms with E-state index in [0.717, 1.165) is 16.0 Å². The molecule has 4 rings (SSSR count). The molecule has 0 spiro atoms. The summed E-state index contributed by atoms with van der Waals surface area (Å²) in [5, 5.41) is 4.51. The van der Waals surface area contributed by atoms with E-state index in [0.29, 0.717) is 16.6 Å². The maximum Gasteiger partial charge on any atom is 0.246 e. The lowest BCUT2D eigenvalue weighted by molar-refractivity contribution is -0.120. The van der Waals surface area contributed by atoms with Gasteiger partial charge in [0.1, 0.15) is 29.2 Å². The van der Waals surface area contributed by atoms with Crippen molar-refractivity contribution in [2.24, 2.45) is 0 Å². The number of nitrogens with one attached hydrogen (secondary N) is 2. The van der Waals surface area contributed by atoms with E-state index in [4.69, 9.17) is 11.6 Å². The third-order valence-electron chi connectivity index (χ3n) is 5.11. The van der Waals surface area contributed by atoms with Crippen LogP contribution >= 0.6 is 38.9 Å². The van der Waals surface area contributed by atoms with Crippen molar-refractivity contribution in [2.75, 3.05) is 12.4 Å². The highest BCUT2D eigenvalue weighted by Gasteiger charge is 2.41. The van der Waals surface area contributed by atoms with Crippen molar-refractivity contribution in [3.63, 3.8) is 0 Å². The van der Waals surface area contributed by atoms with Crippen LogP contribution in [0.5, 0.6) is 0 Å². The molecule has 0 aliphatic carbocycles. The lowest BCUT2D eigenvalue weighted by atomic mass is 10.0. The van der Waals surface area contributed by atoms with Crippen molar-refractivity contribution < 1.29 is 18.1 Å². The van der Waals surface area contributed by atoms with Crippen LogP contribution in [-0.2, 0) is 16.3 Å². The van der Waals surface area contributed by atoms with Gasteiger partial charge in [0, 0.05) is 24.0 Å². The summed E-state index contributed by atoms with van der Waals surface area (Å²) in [5.41, 5.74) is 1.92. The van der Waals surface area contributed by atoms with Gasteiger partial charge in [-0.15, -0.1) is 16.1 Å². The Morgan fingerprint density at radius 3 is 2.75 bits per heavy atom. The maximum absolute atomic E-state index is 13.9. The van der Waals surface area contributed by atoms with Gasteiger partial charge in [0.25, 0.3) is 0 Å². The first-order chi connectivity index (χ1) is 15.2. The molecule has 11 heteroatoms. The quantitative estimate of drug-likeness (QED) is 0.404. The molecular weight excluding hydrogens is 544 g/mol. The van der Waals surface area contributed by atoms with Crippen LogP contribution < -0.4 is 10.0 Å². The van der Waals surface area contributed by atoms with Crippen LogP contribution in [0, 0.1) is 11.6 Å². The van der Waals surface area contributed by atoms with Gasteiger partial charge >= 0.3 is 0 Å². The van der Waals surface area contributed by atoms with E-state index in [1.54, 1.807) is 13.1 Å². The van der Waals surface area contributed by atoms with Crippen LogP contribution in [0.2, 0.25) is 5.02 Å². The summed E-state index contributed by atoms with van der Waals surface area (Å²) in [6, 6.07) is 9.69. The summed E-state index contributed by atoms with van der Waals surface area (Å²) >= 11 is 8.79. The lowest BCUT2D eigenvalue weighted by Gasteiger charge is -2.35. The summed E-state index contributed by atoms with van der Waals surface area (Å²) < 4.78 is 44.8. The average Bonchev–Trinajstić information content (AvgIpc) is 3.25. The lowest BCUT2D eigenvalue weighted by Crippen LogP contribution is -2.55. The summed E-state index contributed by atoms with van der Waals surface area (Å²) in [7, 11) is 1.59. The molecule has 3 atom stereocenters. The van der Waals surface area contributed by atoms with Gasteiger partial charge < -0.3 is 9.87 Å². The molecule has 3 unspecified atom stereocenters. The number of carbonyl (C=O) groups excluding carboxylic acids is 1. The summed E-state index contributed by atoms with van der Waals surface area (Å²) in [4.78, 5) is 13.8. The van der Waals surface area contributed by atoms with Crippen molar-refractivity contribution in [3.05, 3.63) is 73.9 Å². The van der Waals surface area contributed by atoms with Crippen LogP contribution in [0.1, 0.15) is 17.3 Å². The Kier molecular flexibility index (Phi) is 7.21. The first kappa shape index (κ1) is 23.6. The number of rotatable bonds is 4. The smallest absolute Gasteiger partial charge is 0.246 e. The third-order valence-corrected chi connectivity index (χ3v) is 8.35. The van der Waals surface area contributed by atoms with Crippen molar-refractivity contribution in [1.82, 2.24) is 9.03 Å². The molecule has 1 aliphatic rings. The zero-order valence-corrected chi connectivity index (χ0v) is 20.5. The summed E-state index contributed by atoms with van der Waals surface area (Å²) in [6.07, 6.45) is 0.359. The van der Waals surface area contributed by atoms with Crippen LogP contribution in [0.3, 0.4) is 0 Å². The topological polar surface area (TPSA) is 67.4 Å². The van der Waals surface area contributed by atoms with Gasteiger partial charge in [0.05, 0.1) is 15.5 Å². The number of anilines is 1. The van der Waals surface area contributed by atoms with E-state index in [9.17, 15) is 18.1 Å². The van der Waals surface area contributed by atoms with Gasteiger partial charge in [-0.2, -0.15) is 0 Å². The molecule has 1 saturated heterocycles. The minimum Gasteiger partial charge on any atom is -0.579 e. The van der Waals surface area contributed by atoms with Crippen molar-refractivity contribution in [2.45, 2.75) is 18.5 Å². The molecule has 2 N–H and O–H groups in total. The van der Waals surface area contributed by atoms with Crippen molar-refractivity contribution in [1.29, 1.82) is 0 Å². The number of amides is 1. The van der Waals surface area contributed by atoms with Gasteiger partial charge in [-0.3, -0.25) is 4.79 Å². The Bertz CT molecular complexity index is 1170. The van der Waals surface area contributed by atoms with E-state index in [2.05, 4.69) is 26.0 Å². The summed E-state index contributed by atoms with van der Waals surface area (Å²) in [5.74, 6) is -1.31. The molecule has 32 heavy (non-hydrogen) atoms.